The minimum atomic E-state index is 0.167. The largest absolute Gasteiger partial charge is 0.496 e. The highest BCUT2D eigenvalue weighted by Crippen LogP contribution is 2.34. The Kier molecular flexibility index (Phi) is 9.15. The molecule has 2 aliphatic heterocycles. The molecule has 1 aromatic carbocycles. The minimum Gasteiger partial charge on any atom is -0.496 e. The lowest BCUT2D eigenvalue weighted by Gasteiger charge is -2.36. The number of halogens is 1. The summed E-state index contributed by atoms with van der Waals surface area (Å²) in [5.41, 5.74) is 3.04. The van der Waals surface area contributed by atoms with Crippen LogP contribution in [0.5, 0.6) is 0 Å². The number of benzene rings is 1. The third-order valence-electron chi connectivity index (χ3n) is 6.85. The van der Waals surface area contributed by atoms with Gasteiger partial charge in [-0.15, -0.1) is 0 Å². The van der Waals surface area contributed by atoms with Gasteiger partial charge in [-0.25, -0.2) is 0 Å². The van der Waals surface area contributed by atoms with Crippen molar-refractivity contribution in [2.24, 2.45) is 0 Å². The Morgan fingerprint density at radius 1 is 1.06 bits per heavy atom. The second-order valence-electron chi connectivity index (χ2n) is 9.33. The zero-order valence-corrected chi connectivity index (χ0v) is 22.0. The Bertz CT molecular complexity index is 1020. The van der Waals surface area contributed by atoms with Crippen LogP contribution in [-0.2, 0) is 9.53 Å². The maximum atomic E-state index is 11.7. The second-order valence-corrected chi connectivity index (χ2v) is 11.1. The van der Waals surface area contributed by atoms with Crippen molar-refractivity contribution in [2.75, 3.05) is 44.2 Å². The molecule has 1 atom stereocenters. The summed E-state index contributed by atoms with van der Waals surface area (Å²) in [6.07, 6.45) is 9.28. The Morgan fingerprint density at radius 3 is 2.53 bits per heavy atom. The van der Waals surface area contributed by atoms with Crippen LogP contribution in [0.1, 0.15) is 52.4 Å². The van der Waals surface area contributed by atoms with Crippen molar-refractivity contribution in [3.05, 3.63) is 46.8 Å². The molecule has 4 rings (SSSR count). The number of carbonyl (C=O) groups excluding carboxylic acids is 1. The molecule has 0 spiro atoms. The van der Waals surface area contributed by atoms with Crippen molar-refractivity contribution < 1.29 is 9.53 Å². The highest BCUT2D eigenvalue weighted by atomic mass is 35.5. The van der Waals surface area contributed by atoms with E-state index >= 15 is 0 Å². The second kappa shape index (κ2) is 12.3. The number of aromatic nitrogens is 1. The van der Waals surface area contributed by atoms with Gasteiger partial charge in [0.1, 0.15) is 5.76 Å². The zero-order chi connectivity index (χ0) is 23.9. The van der Waals surface area contributed by atoms with E-state index in [1.807, 2.05) is 32.2 Å². The van der Waals surface area contributed by atoms with Gasteiger partial charge < -0.3 is 9.64 Å². The summed E-state index contributed by atoms with van der Waals surface area (Å²) in [7, 11) is 0. The third-order valence-corrected chi connectivity index (χ3v) is 8.17. The van der Waals surface area contributed by atoms with Gasteiger partial charge in [-0.1, -0.05) is 49.0 Å². The summed E-state index contributed by atoms with van der Waals surface area (Å²) in [6.45, 7) is 10.2. The van der Waals surface area contributed by atoms with Gasteiger partial charge in [0, 0.05) is 54.0 Å². The molecule has 3 heterocycles. The number of hydrogen-bond acceptors (Lipinski definition) is 6. The standard InChI is InChI=1S/C27H36ClN3O2S/c1-20-26(21(2)34-27(20)32)33-18-8-6-4-3-5-7-13-30-14-16-31(17-15-30)25-11-12-29-24-19-22(28)9-10-23(24)25/h9-12,19,21H,3-8,13-18H2,1-2H3. The SMILES string of the molecule is CC1=C(OCCCCCCCCN2CCN(c3ccnc4cc(Cl)ccc34)CC2)C(C)SC1=O. The molecule has 1 aromatic heterocycles. The Hall–Kier alpha value is -1.76. The quantitative estimate of drug-likeness (QED) is 0.336. The molecule has 1 saturated heterocycles. The van der Waals surface area contributed by atoms with Gasteiger partial charge in [0.2, 0.25) is 5.12 Å². The van der Waals surface area contributed by atoms with Gasteiger partial charge >= 0.3 is 0 Å². The number of carbonyl (C=O) groups is 1. The highest BCUT2D eigenvalue weighted by Gasteiger charge is 2.28. The maximum absolute atomic E-state index is 11.7. The minimum absolute atomic E-state index is 0.167. The van der Waals surface area contributed by atoms with Crippen molar-refractivity contribution in [1.29, 1.82) is 0 Å². The molecule has 7 heteroatoms. The van der Waals surface area contributed by atoms with Crippen LogP contribution in [0.4, 0.5) is 5.69 Å². The van der Waals surface area contributed by atoms with E-state index in [1.165, 1.54) is 61.5 Å². The lowest BCUT2D eigenvalue weighted by molar-refractivity contribution is -0.107. The van der Waals surface area contributed by atoms with Gasteiger partial charge in [-0.3, -0.25) is 14.7 Å². The molecule has 1 fully saturated rings. The lowest BCUT2D eigenvalue weighted by atomic mass is 10.1. The van der Waals surface area contributed by atoms with Crippen molar-refractivity contribution in [3.63, 3.8) is 0 Å². The Labute approximate surface area is 212 Å². The number of pyridine rings is 1. The maximum Gasteiger partial charge on any atom is 0.219 e. The molecule has 184 valence electrons. The number of piperazine rings is 1. The fourth-order valence-corrected chi connectivity index (χ4v) is 5.97. The third kappa shape index (κ3) is 6.46. The fourth-order valence-electron chi connectivity index (χ4n) is 4.85. The van der Waals surface area contributed by atoms with Gasteiger partial charge in [-0.2, -0.15) is 0 Å². The van der Waals surface area contributed by atoms with E-state index in [2.05, 4.69) is 26.9 Å². The first kappa shape index (κ1) is 25.3. The van der Waals surface area contributed by atoms with Crippen LogP contribution < -0.4 is 4.90 Å². The van der Waals surface area contributed by atoms with Gasteiger partial charge in [-0.05, 0) is 57.5 Å². The van der Waals surface area contributed by atoms with Crippen LogP contribution >= 0.6 is 23.4 Å². The van der Waals surface area contributed by atoms with Gasteiger partial charge in [0.15, 0.2) is 0 Å². The molecule has 0 aliphatic carbocycles. The molecule has 0 bridgehead atoms. The van der Waals surface area contributed by atoms with Crippen LogP contribution in [0.25, 0.3) is 10.9 Å². The van der Waals surface area contributed by atoms with Crippen LogP contribution in [0, 0.1) is 0 Å². The fraction of sp³-hybridized carbons (Fsp3) is 0.556. The number of hydrogen-bond donors (Lipinski definition) is 0. The van der Waals surface area contributed by atoms with Crippen LogP contribution in [0.3, 0.4) is 0 Å². The van der Waals surface area contributed by atoms with E-state index in [9.17, 15) is 4.79 Å². The van der Waals surface area contributed by atoms with E-state index in [1.54, 1.807) is 0 Å². The molecular weight excluding hydrogens is 466 g/mol. The molecule has 0 saturated carbocycles. The summed E-state index contributed by atoms with van der Waals surface area (Å²) >= 11 is 7.51. The summed E-state index contributed by atoms with van der Waals surface area (Å²) in [6, 6.07) is 8.11. The normalized spacial score (nSPS) is 19.4. The summed E-state index contributed by atoms with van der Waals surface area (Å²) in [5, 5.41) is 2.26. The topological polar surface area (TPSA) is 45.7 Å². The first-order valence-corrected chi connectivity index (χ1v) is 13.8. The molecule has 0 radical (unpaired) electrons. The van der Waals surface area contributed by atoms with Crippen LogP contribution in [0.2, 0.25) is 5.02 Å². The molecule has 34 heavy (non-hydrogen) atoms. The zero-order valence-electron chi connectivity index (χ0n) is 20.4. The molecule has 1 unspecified atom stereocenters. The number of unbranched alkanes of at least 4 members (excludes halogenated alkanes) is 5. The van der Waals surface area contributed by atoms with E-state index in [0.717, 1.165) is 61.1 Å². The number of thioether (sulfide) groups is 1. The predicted molar refractivity (Wildman–Crippen MR) is 144 cm³/mol. The summed E-state index contributed by atoms with van der Waals surface area (Å²) in [4.78, 5) is 21.3. The van der Waals surface area contributed by atoms with Gasteiger partial charge in [0.05, 0.1) is 17.4 Å². The first-order valence-electron chi connectivity index (χ1n) is 12.6. The Balaban J connectivity index is 1.07. The van der Waals surface area contributed by atoms with Crippen LogP contribution in [0.15, 0.2) is 41.8 Å². The lowest BCUT2D eigenvalue weighted by Crippen LogP contribution is -2.46. The number of nitrogens with zero attached hydrogens (tertiary/aromatic N) is 3. The van der Waals surface area contributed by atoms with Crippen molar-refractivity contribution >= 4 is 45.1 Å². The number of fused-ring (bicyclic) bond motifs is 1. The number of rotatable bonds is 11. The average molecular weight is 502 g/mol. The molecule has 0 amide bonds. The van der Waals surface area contributed by atoms with Crippen molar-refractivity contribution in [3.8, 4) is 0 Å². The van der Waals surface area contributed by atoms with Crippen LogP contribution in [-0.4, -0.2) is 59.6 Å². The van der Waals surface area contributed by atoms with E-state index in [4.69, 9.17) is 16.3 Å². The number of anilines is 1. The highest BCUT2D eigenvalue weighted by molar-refractivity contribution is 8.15. The molecular formula is C27H36ClN3O2S. The van der Waals surface area contributed by atoms with Crippen molar-refractivity contribution in [2.45, 2.75) is 57.6 Å². The average Bonchev–Trinajstić information content (AvgIpc) is 3.08. The monoisotopic (exact) mass is 501 g/mol. The van der Waals surface area contributed by atoms with E-state index in [0.29, 0.717) is 0 Å². The van der Waals surface area contributed by atoms with E-state index < -0.39 is 0 Å². The Morgan fingerprint density at radius 2 is 1.79 bits per heavy atom. The first-order chi connectivity index (χ1) is 16.5. The molecule has 2 aromatic rings. The van der Waals surface area contributed by atoms with E-state index in [-0.39, 0.29) is 10.4 Å². The summed E-state index contributed by atoms with van der Waals surface area (Å²) in [5.74, 6) is 0.900. The predicted octanol–water partition coefficient (Wildman–Crippen LogP) is 6.30. The van der Waals surface area contributed by atoms with Gasteiger partial charge in [0.25, 0.3) is 0 Å². The molecule has 0 N–H and O–H groups in total. The molecule has 2 aliphatic rings. The molecule has 5 nitrogen and oxygen atoms in total. The smallest absolute Gasteiger partial charge is 0.219 e. The van der Waals surface area contributed by atoms with Crippen molar-refractivity contribution in [1.82, 2.24) is 9.88 Å². The summed E-state index contributed by atoms with van der Waals surface area (Å²) < 4.78 is 5.89. The number of ether oxygens (including phenoxy) is 1.